The van der Waals surface area contributed by atoms with Gasteiger partial charge >= 0.3 is 0 Å². The molecule has 2 saturated heterocycles. The van der Waals surface area contributed by atoms with E-state index in [0.29, 0.717) is 13.1 Å². The van der Waals surface area contributed by atoms with Gasteiger partial charge in [0.05, 0.1) is 22.1 Å². The lowest BCUT2D eigenvalue weighted by molar-refractivity contribution is -0.0114. The van der Waals surface area contributed by atoms with Crippen molar-refractivity contribution in [1.29, 1.82) is 0 Å². The Hall–Kier alpha value is -0.400. The second kappa shape index (κ2) is 5.66. The molecule has 8 heteroatoms. The molecule has 4 nitrogen and oxygen atoms in total. The van der Waals surface area contributed by atoms with Crippen LogP contribution in [0.25, 0.3) is 0 Å². The van der Waals surface area contributed by atoms with Crippen LogP contribution in [0.1, 0.15) is 18.4 Å². The number of alkyl halides is 1. The highest BCUT2D eigenvalue weighted by atomic mass is 35.5. The smallest absolute Gasteiger partial charge is 0.243 e. The zero-order chi connectivity index (χ0) is 15.2. The zero-order valence-corrected chi connectivity index (χ0v) is 13.4. The SMILES string of the molecule is O=S(=O)(c1cc(F)c(Cl)c(CCl)c1)N1CC2CCC(C1)O2. The fourth-order valence-electron chi connectivity index (χ4n) is 2.79. The summed E-state index contributed by atoms with van der Waals surface area (Å²) in [6.45, 7) is 0.610. The molecule has 0 radical (unpaired) electrons. The Balaban J connectivity index is 1.97. The van der Waals surface area contributed by atoms with Gasteiger partial charge in [-0.25, -0.2) is 12.8 Å². The molecule has 2 bridgehead atoms. The fraction of sp³-hybridized carbons (Fsp3) is 0.538. The van der Waals surface area contributed by atoms with Crippen LogP contribution < -0.4 is 0 Å². The van der Waals surface area contributed by atoms with Crippen molar-refractivity contribution in [2.45, 2.75) is 35.8 Å². The minimum Gasteiger partial charge on any atom is -0.372 e. The maximum Gasteiger partial charge on any atom is 0.243 e. The molecule has 116 valence electrons. The molecule has 0 amide bonds. The molecular formula is C13H14Cl2FNO3S. The number of rotatable bonds is 3. The normalized spacial score (nSPS) is 26.2. The van der Waals surface area contributed by atoms with Crippen molar-refractivity contribution in [1.82, 2.24) is 4.31 Å². The van der Waals surface area contributed by atoms with Gasteiger partial charge in [0, 0.05) is 19.0 Å². The molecule has 0 saturated carbocycles. The molecule has 0 aliphatic carbocycles. The number of nitrogens with zero attached hydrogens (tertiary/aromatic N) is 1. The molecule has 0 N–H and O–H groups in total. The highest BCUT2D eigenvalue weighted by Crippen LogP contribution is 2.32. The quantitative estimate of drug-likeness (QED) is 0.785. The van der Waals surface area contributed by atoms with Crippen LogP contribution in [0.15, 0.2) is 17.0 Å². The van der Waals surface area contributed by atoms with Crippen LogP contribution in [-0.4, -0.2) is 38.0 Å². The van der Waals surface area contributed by atoms with E-state index in [1.165, 1.54) is 10.4 Å². The molecule has 2 heterocycles. The molecule has 21 heavy (non-hydrogen) atoms. The first-order valence-electron chi connectivity index (χ1n) is 6.61. The first-order chi connectivity index (χ1) is 9.91. The van der Waals surface area contributed by atoms with Crippen molar-refractivity contribution < 1.29 is 17.5 Å². The van der Waals surface area contributed by atoms with Gasteiger partial charge in [0.1, 0.15) is 5.82 Å². The number of fused-ring (bicyclic) bond motifs is 2. The molecule has 2 aliphatic rings. The van der Waals surface area contributed by atoms with Gasteiger partial charge in [0.2, 0.25) is 10.0 Å². The second-order valence-corrected chi connectivity index (χ2v) is 7.87. The van der Waals surface area contributed by atoms with Crippen molar-refractivity contribution in [3.05, 3.63) is 28.5 Å². The first kappa shape index (κ1) is 15.5. The number of hydrogen-bond acceptors (Lipinski definition) is 3. The van der Waals surface area contributed by atoms with E-state index in [4.69, 9.17) is 27.9 Å². The summed E-state index contributed by atoms with van der Waals surface area (Å²) < 4.78 is 46.1. The van der Waals surface area contributed by atoms with Gasteiger partial charge in [-0.15, -0.1) is 11.6 Å². The molecule has 2 unspecified atom stereocenters. The van der Waals surface area contributed by atoms with Crippen LogP contribution >= 0.6 is 23.2 Å². The average Bonchev–Trinajstić information content (AvgIpc) is 2.79. The van der Waals surface area contributed by atoms with Gasteiger partial charge < -0.3 is 4.74 Å². The second-order valence-electron chi connectivity index (χ2n) is 5.29. The number of sulfonamides is 1. The summed E-state index contributed by atoms with van der Waals surface area (Å²) in [4.78, 5) is -0.110. The highest BCUT2D eigenvalue weighted by molar-refractivity contribution is 7.89. The van der Waals surface area contributed by atoms with E-state index in [2.05, 4.69) is 0 Å². The number of benzene rings is 1. The van der Waals surface area contributed by atoms with E-state index >= 15 is 0 Å². The Morgan fingerprint density at radius 3 is 2.48 bits per heavy atom. The molecule has 1 aromatic carbocycles. The summed E-state index contributed by atoms with van der Waals surface area (Å²) in [5.41, 5.74) is 0.271. The minimum absolute atomic E-state index is 0.0481. The Bertz CT molecular complexity index is 656. The zero-order valence-electron chi connectivity index (χ0n) is 11.1. The lowest BCUT2D eigenvalue weighted by atomic mass is 10.2. The van der Waals surface area contributed by atoms with Crippen LogP contribution in [0.3, 0.4) is 0 Å². The third kappa shape index (κ3) is 2.80. The summed E-state index contributed by atoms with van der Waals surface area (Å²) in [5.74, 6) is -0.822. The topological polar surface area (TPSA) is 46.6 Å². The van der Waals surface area contributed by atoms with Crippen molar-refractivity contribution in [3.8, 4) is 0 Å². The predicted octanol–water partition coefficient (Wildman–Crippen LogP) is 2.77. The molecule has 2 fully saturated rings. The van der Waals surface area contributed by atoms with Crippen LogP contribution in [0.5, 0.6) is 0 Å². The van der Waals surface area contributed by atoms with Gasteiger partial charge in [-0.2, -0.15) is 4.31 Å². The summed E-state index contributed by atoms with van der Waals surface area (Å²) in [7, 11) is -3.76. The highest BCUT2D eigenvalue weighted by Gasteiger charge is 2.39. The third-order valence-electron chi connectivity index (χ3n) is 3.87. The van der Waals surface area contributed by atoms with Crippen LogP contribution in [-0.2, 0) is 20.6 Å². The molecule has 0 aromatic heterocycles. The first-order valence-corrected chi connectivity index (χ1v) is 8.96. The van der Waals surface area contributed by atoms with Crippen molar-refractivity contribution >= 4 is 33.2 Å². The molecule has 2 aliphatic heterocycles. The maximum atomic E-state index is 13.8. The lowest BCUT2D eigenvalue weighted by Gasteiger charge is -2.31. The van der Waals surface area contributed by atoms with E-state index in [9.17, 15) is 12.8 Å². The number of morpholine rings is 1. The molecule has 1 aromatic rings. The third-order valence-corrected chi connectivity index (χ3v) is 6.39. The minimum atomic E-state index is -3.76. The monoisotopic (exact) mass is 353 g/mol. The summed E-state index contributed by atoms with van der Waals surface area (Å²) in [6, 6.07) is 2.29. The van der Waals surface area contributed by atoms with Crippen molar-refractivity contribution in [2.75, 3.05) is 13.1 Å². The van der Waals surface area contributed by atoms with Crippen molar-refractivity contribution in [3.63, 3.8) is 0 Å². The predicted molar refractivity (Wildman–Crippen MR) is 77.6 cm³/mol. The van der Waals surface area contributed by atoms with Crippen LogP contribution in [0.4, 0.5) is 4.39 Å². The summed E-state index contributed by atoms with van der Waals surface area (Å²) in [6.07, 6.45) is 1.59. The number of ether oxygens (including phenoxy) is 1. The van der Waals surface area contributed by atoms with Gasteiger partial charge in [-0.3, -0.25) is 0 Å². The fourth-order valence-corrected chi connectivity index (χ4v) is 4.81. The van der Waals surface area contributed by atoms with E-state index in [-0.39, 0.29) is 33.6 Å². The van der Waals surface area contributed by atoms with Gasteiger partial charge in [0.15, 0.2) is 0 Å². The Labute approximate surface area is 132 Å². The molecular weight excluding hydrogens is 340 g/mol. The van der Waals surface area contributed by atoms with E-state index in [1.807, 2.05) is 0 Å². The summed E-state index contributed by atoms with van der Waals surface area (Å²) >= 11 is 11.5. The summed E-state index contributed by atoms with van der Waals surface area (Å²) in [5, 5.41) is -0.133. The Morgan fingerprint density at radius 2 is 1.90 bits per heavy atom. The number of hydrogen-bond donors (Lipinski definition) is 0. The average molecular weight is 354 g/mol. The molecule has 2 atom stereocenters. The van der Waals surface area contributed by atoms with Crippen molar-refractivity contribution in [2.24, 2.45) is 0 Å². The lowest BCUT2D eigenvalue weighted by Crippen LogP contribution is -2.45. The van der Waals surface area contributed by atoms with Gasteiger partial charge in [-0.05, 0) is 30.5 Å². The van der Waals surface area contributed by atoms with E-state index in [0.717, 1.165) is 18.9 Å². The van der Waals surface area contributed by atoms with E-state index < -0.39 is 15.8 Å². The Morgan fingerprint density at radius 1 is 1.29 bits per heavy atom. The molecule has 3 rings (SSSR count). The number of halogens is 3. The van der Waals surface area contributed by atoms with Gasteiger partial charge in [0.25, 0.3) is 0 Å². The largest absolute Gasteiger partial charge is 0.372 e. The van der Waals surface area contributed by atoms with E-state index in [1.54, 1.807) is 0 Å². The Kier molecular flexibility index (Phi) is 4.18. The van der Waals surface area contributed by atoms with Crippen LogP contribution in [0, 0.1) is 5.82 Å². The van der Waals surface area contributed by atoms with Gasteiger partial charge in [-0.1, -0.05) is 11.6 Å². The van der Waals surface area contributed by atoms with Crippen LogP contribution in [0.2, 0.25) is 5.02 Å². The maximum absolute atomic E-state index is 13.8. The standard InChI is InChI=1S/C13H14Cl2FNO3S/c14-5-8-3-11(4-12(16)13(8)15)21(18,19)17-6-9-1-2-10(7-17)20-9/h3-4,9-10H,1-2,5-7H2. The molecule has 0 spiro atoms.